The van der Waals surface area contributed by atoms with Crippen molar-refractivity contribution in [2.45, 2.75) is 13.8 Å². The van der Waals surface area contributed by atoms with Crippen molar-refractivity contribution < 1.29 is 14.4 Å². The van der Waals surface area contributed by atoms with Crippen LogP contribution in [0.5, 0.6) is 0 Å². The molecule has 0 spiro atoms. The molecule has 0 unspecified atom stereocenters. The molecule has 0 radical (unpaired) electrons. The molecule has 62 valence electrons. The topological polar surface area (TPSA) is 89.3 Å². The molecule has 0 fully saturated rings. The number of hydrogen-bond donors (Lipinski definition) is 2. The molecule has 0 saturated carbocycles. The monoisotopic (exact) mass is 158 g/mol. The highest BCUT2D eigenvalue weighted by molar-refractivity contribution is 6.39. The third-order valence-electron chi connectivity index (χ3n) is 0.985. The number of urea groups is 1. The molecular formula is C6H10N2O3. The third kappa shape index (κ3) is 3.34. The SMILES string of the molecule is CC(C)C(=O)C(=O)NC(N)=O. The molecule has 5 nitrogen and oxygen atoms in total. The lowest BCUT2D eigenvalue weighted by Crippen LogP contribution is -2.40. The van der Waals surface area contributed by atoms with Gasteiger partial charge in [-0.3, -0.25) is 14.9 Å². The van der Waals surface area contributed by atoms with Gasteiger partial charge in [0.1, 0.15) is 0 Å². The molecule has 0 aliphatic rings. The van der Waals surface area contributed by atoms with E-state index in [2.05, 4.69) is 5.73 Å². The molecule has 0 aromatic rings. The van der Waals surface area contributed by atoms with E-state index in [4.69, 9.17) is 0 Å². The van der Waals surface area contributed by atoms with Crippen molar-refractivity contribution in [3.05, 3.63) is 0 Å². The maximum absolute atomic E-state index is 10.8. The predicted molar refractivity (Wildman–Crippen MR) is 37.6 cm³/mol. The van der Waals surface area contributed by atoms with Crippen LogP contribution < -0.4 is 11.1 Å². The number of amides is 3. The minimum absolute atomic E-state index is 0.422. The maximum Gasteiger partial charge on any atom is 0.319 e. The zero-order valence-corrected chi connectivity index (χ0v) is 6.38. The number of carbonyl (C=O) groups excluding carboxylic acids is 3. The highest BCUT2D eigenvalue weighted by Gasteiger charge is 2.17. The highest BCUT2D eigenvalue weighted by atomic mass is 16.2. The Morgan fingerprint density at radius 1 is 1.27 bits per heavy atom. The van der Waals surface area contributed by atoms with Crippen molar-refractivity contribution in [1.29, 1.82) is 0 Å². The van der Waals surface area contributed by atoms with Crippen LogP contribution >= 0.6 is 0 Å². The first-order valence-corrected chi connectivity index (χ1v) is 3.09. The Bertz CT molecular complexity index is 198. The summed E-state index contributed by atoms with van der Waals surface area (Å²) in [6, 6.07) is -1.01. The number of Topliss-reactive ketones (excluding diaryl/α,β-unsaturated/α-hetero) is 1. The molecule has 0 saturated heterocycles. The van der Waals surface area contributed by atoms with Crippen molar-refractivity contribution >= 4 is 17.7 Å². The van der Waals surface area contributed by atoms with Crippen LogP contribution in [-0.2, 0) is 9.59 Å². The average Bonchev–Trinajstić information content (AvgIpc) is 1.84. The number of ketones is 1. The quantitative estimate of drug-likeness (QED) is 0.526. The van der Waals surface area contributed by atoms with Gasteiger partial charge < -0.3 is 5.73 Å². The summed E-state index contributed by atoms with van der Waals surface area (Å²) >= 11 is 0. The van der Waals surface area contributed by atoms with Crippen molar-refractivity contribution in [1.82, 2.24) is 5.32 Å². The lowest BCUT2D eigenvalue weighted by Gasteiger charge is -2.01. The van der Waals surface area contributed by atoms with Crippen LogP contribution in [0.4, 0.5) is 4.79 Å². The number of hydrogen-bond acceptors (Lipinski definition) is 3. The summed E-state index contributed by atoms with van der Waals surface area (Å²) in [4.78, 5) is 31.5. The summed E-state index contributed by atoms with van der Waals surface area (Å²) in [7, 11) is 0. The minimum atomic E-state index is -1.01. The number of imide groups is 1. The van der Waals surface area contributed by atoms with Gasteiger partial charge in [0.2, 0.25) is 5.78 Å². The molecule has 0 bridgehead atoms. The van der Waals surface area contributed by atoms with Crippen LogP contribution in [0.3, 0.4) is 0 Å². The van der Waals surface area contributed by atoms with Crippen LogP contribution in [0.1, 0.15) is 13.8 Å². The average molecular weight is 158 g/mol. The van der Waals surface area contributed by atoms with Crippen molar-refractivity contribution in [2.75, 3.05) is 0 Å². The van der Waals surface area contributed by atoms with Gasteiger partial charge in [0.15, 0.2) is 0 Å². The van der Waals surface area contributed by atoms with Crippen LogP contribution in [0.15, 0.2) is 0 Å². The summed E-state index contributed by atoms with van der Waals surface area (Å²) in [5.41, 5.74) is 4.61. The van der Waals surface area contributed by atoms with Gasteiger partial charge in [-0.25, -0.2) is 4.79 Å². The smallest absolute Gasteiger partial charge is 0.319 e. The van der Waals surface area contributed by atoms with E-state index in [0.29, 0.717) is 0 Å². The molecule has 0 aromatic heterocycles. The van der Waals surface area contributed by atoms with E-state index >= 15 is 0 Å². The fraction of sp³-hybridized carbons (Fsp3) is 0.500. The first-order valence-electron chi connectivity index (χ1n) is 3.09. The molecule has 0 aliphatic carbocycles. The lowest BCUT2D eigenvalue weighted by atomic mass is 10.1. The normalized spacial score (nSPS) is 9.36. The first-order chi connectivity index (χ1) is 4.95. The number of rotatable bonds is 2. The fourth-order valence-electron chi connectivity index (χ4n) is 0.436. The lowest BCUT2D eigenvalue weighted by molar-refractivity contribution is -0.138. The van der Waals surface area contributed by atoms with E-state index in [0.717, 1.165) is 0 Å². The maximum atomic E-state index is 10.8. The molecule has 0 aliphatic heterocycles. The zero-order valence-electron chi connectivity index (χ0n) is 6.38. The van der Waals surface area contributed by atoms with Crippen LogP contribution in [-0.4, -0.2) is 17.7 Å². The van der Waals surface area contributed by atoms with Gasteiger partial charge >= 0.3 is 6.03 Å². The summed E-state index contributed by atoms with van der Waals surface area (Å²) in [5.74, 6) is -2.02. The second-order valence-electron chi connectivity index (χ2n) is 2.34. The second kappa shape index (κ2) is 3.70. The summed E-state index contributed by atoms with van der Waals surface area (Å²) in [5, 5.41) is 1.67. The third-order valence-corrected chi connectivity index (χ3v) is 0.985. The number of nitrogens with two attached hydrogens (primary N) is 1. The largest absolute Gasteiger partial charge is 0.351 e. The Hall–Kier alpha value is -1.39. The summed E-state index contributed by atoms with van der Waals surface area (Å²) < 4.78 is 0. The predicted octanol–water partition coefficient (Wildman–Crippen LogP) is -0.594. The Morgan fingerprint density at radius 2 is 1.73 bits per heavy atom. The zero-order chi connectivity index (χ0) is 9.02. The van der Waals surface area contributed by atoms with Crippen molar-refractivity contribution in [3.8, 4) is 0 Å². The van der Waals surface area contributed by atoms with Gasteiger partial charge in [0.05, 0.1) is 0 Å². The fourth-order valence-corrected chi connectivity index (χ4v) is 0.436. The number of carbonyl (C=O) groups is 3. The van der Waals surface area contributed by atoms with Gasteiger partial charge in [-0.15, -0.1) is 0 Å². The van der Waals surface area contributed by atoms with Gasteiger partial charge in [-0.1, -0.05) is 13.8 Å². The number of nitrogens with one attached hydrogen (secondary N) is 1. The Morgan fingerprint density at radius 3 is 2.00 bits per heavy atom. The standard InChI is InChI=1S/C6H10N2O3/c1-3(2)4(9)5(10)8-6(7)11/h3H,1-2H3,(H3,7,8,10,11). The van der Waals surface area contributed by atoms with Gasteiger partial charge in [0, 0.05) is 5.92 Å². The van der Waals surface area contributed by atoms with E-state index in [-0.39, 0.29) is 0 Å². The molecule has 0 rings (SSSR count). The van der Waals surface area contributed by atoms with E-state index in [9.17, 15) is 14.4 Å². The Balaban J connectivity index is 4.05. The summed E-state index contributed by atoms with van der Waals surface area (Å²) in [6.07, 6.45) is 0. The second-order valence-corrected chi connectivity index (χ2v) is 2.34. The molecular weight excluding hydrogens is 148 g/mol. The van der Waals surface area contributed by atoms with Crippen LogP contribution in [0.2, 0.25) is 0 Å². The molecule has 0 heterocycles. The minimum Gasteiger partial charge on any atom is -0.351 e. The van der Waals surface area contributed by atoms with Crippen molar-refractivity contribution in [2.24, 2.45) is 11.7 Å². The molecule has 3 amide bonds. The molecule has 3 N–H and O–H groups in total. The number of primary amides is 1. The van der Waals surface area contributed by atoms with Crippen LogP contribution in [0.25, 0.3) is 0 Å². The van der Waals surface area contributed by atoms with Gasteiger partial charge in [-0.05, 0) is 0 Å². The van der Waals surface area contributed by atoms with E-state index in [1.165, 1.54) is 0 Å². The van der Waals surface area contributed by atoms with E-state index in [1.807, 2.05) is 0 Å². The van der Waals surface area contributed by atoms with E-state index in [1.54, 1.807) is 19.2 Å². The molecule has 5 heteroatoms. The Labute approximate surface area is 63.9 Å². The van der Waals surface area contributed by atoms with Crippen LogP contribution in [0, 0.1) is 5.92 Å². The van der Waals surface area contributed by atoms with Gasteiger partial charge in [0.25, 0.3) is 5.91 Å². The van der Waals surface area contributed by atoms with E-state index < -0.39 is 23.6 Å². The molecule has 11 heavy (non-hydrogen) atoms. The summed E-state index contributed by atoms with van der Waals surface area (Å²) in [6.45, 7) is 3.12. The molecule has 0 aromatic carbocycles. The van der Waals surface area contributed by atoms with Gasteiger partial charge in [-0.2, -0.15) is 0 Å². The highest BCUT2D eigenvalue weighted by Crippen LogP contribution is 1.92. The van der Waals surface area contributed by atoms with Crippen molar-refractivity contribution in [3.63, 3.8) is 0 Å². The first kappa shape index (κ1) is 9.61. The molecule has 0 atom stereocenters. The Kier molecular flexibility index (Phi) is 3.23.